The number of benzene rings is 1. The maximum absolute atomic E-state index is 5.75. The lowest BCUT2D eigenvalue weighted by molar-refractivity contribution is 0.303. The fraction of sp³-hybridized carbons (Fsp3) is 0.333. The Morgan fingerprint density at radius 2 is 1.95 bits per heavy atom. The second kappa shape index (κ2) is 5.39. The van der Waals surface area contributed by atoms with Gasteiger partial charge >= 0.3 is 0 Å². The van der Waals surface area contributed by atoms with Crippen LogP contribution >= 0.6 is 15.9 Å². The molecule has 3 rings (SSSR count). The SMILES string of the molecule is CNC(c1ccc(OC2CC2)cc1)c1ccc(Br)o1. The van der Waals surface area contributed by atoms with Gasteiger partial charge < -0.3 is 14.5 Å². The number of nitrogens with one attached hydrogen (secondary N) is 1. The predicted octanol–water partition coefficient (Wildman–Crippen LogP) is 3.89. The van der Waals surface area contributed by atoms with E-state index in [1.165, 1.54) is 12.8 Å². The van der Waals surface area contributed by atoms with Crippen molar-refractivity contribution < 1.29 is 9.15 Å². The maximum Gasteiger partial charge on any atom is 0.169 e. The third kappa shape index (κ3) is 3.01. The highest BCUT2D eigenvalue weighted by Gasteiger charge is 2.23. The molecule has 0 spiro atoms. The van der Waals surface area contributed by atoms with Gasteiger partial charge in [-0.1, -0.05) is 12.1 Å². The Hall–Kier alpha value is -1.26. The summed E-state index contributed by atoms with van der Waals surface area (Å²) in [6.07, 6.45) is 2.80. The van der Waals surface area contributed by atoms with E-state index in [-0.39, 0.29) is 6.04 Å². The van der Waals surface area contributed by atoms with Crippen molar-refractivity contribution in [2.75, 3.05) is 7.05 Å². The average Bonchev–Trinajstić information content (AvgIpc) is 3.13. The zero-order valence-corrected chi connectivity index (χ0v) is 12.3. The summed E-state index contributed by atoms with van der Waals surface area (Å²) in [6.45, 7) is 0. The van der Waals surface area contributed by atoms with Crippen LogP contribution in [-0.2, 0) is 0 Å². The monoisotopic (exact) mass is 321 g/mol. The summed E-state index contributed by atoms with van der Waals surface area (Å²) in [4.78, 5) is 0. The standard InChI is InChI=1S/C15H16BrNO2/c1-17-15(13-8-9-14(16)19-13)10-2-4-11(5-3-10)18-12-6-7-12/h2-5,8-9,12,15,17H,6-7H2,1H3. The highest BCUT2D eigenvalue weighted by atomic mass is 79.9. The molecule has 3 nitrogen and oxygen atoms in total. The Bertz CT molecular complexity index is 546. The van der Waals surface area contributed by atoms with Gasteiger partial charge in [-0.3, -0.25) is 0 Å². The summed E-state index contributed by atoms with van der Waals surface area (Å²) in [7, 11) is 1.93. The molecule has 1 unspecified atom stereocenters. The molecule has 0 saturated heterocycles. The molecular weight excluding hydrogens is 306 g/mol. The molecule has 1 aromatic heterocycles. The van der Waals surface area contributed by atoms with Gasteiger partial charge in [0.2, 0.25) is 0 Å². The zero-order valence-electron chi connectivity index (χ0n) is 10.7. The largest absolute Gasteiger partial charge is 0.490 e. The summed E-state index contributed by atoms with van der Waals surface area (Å²) < 4.78 is 12.1. The van der Waals surface area contributed by atoms with Gasteiger partial charge in [-0.05, 0) is 65.6 Å². The zero-order chi connectivity index (χ0) is 13.2. The minimum atomic E-state index is 0.0567. The third-order valence-corrected chi connectivity index (χ3v) is 3.63. The summed E-state index contributed by atoms with van der Waals surface area (Å²) >= 11 is 3.33. The van der Waals surface area contributed by atoms with Crippen LogP contribution < -0.4 is 10.1 Å². The molecule has 1 aliphatic carbocycles. The van der Waals surface area contributed by atoms with Crippen LogP contribution in [0.25, 0.3) is 0 Å². The first kappa shape index (κ1) is 12.8. The molecule has 0 aliphatic heterocycles. The van der Waals surface area contributed by atoms with E-state index in [9.17, 15) is 0 Å². The van der Waals surface area contributed by atoms with E-state index in [0.717, 1.165) is 21.7 Å². The van der Waals surface area contributed by atoms with Crippen molar-refractivity contribution in [2.45, 2.75) is 25.0 Å². The second-order valence-corrected chi connectivity index (χ2v) is 5.53. The number of halogens is 1. The van der Waals surface area contributed by atoms with Crippen molar-refractivity contribution >= 4 is 15.9 Å². The van der Waals surface area contributed by atoms with Gasteiger partial charge in [0.1, 0.15) is 11.5 Å². The van der Waals surface area contributed by atoms with Gasteiger partial charge in [-0.15, -0.1) is 0 Å². The smallest absolute Gasteiger partial charge is 0.169 e. The van der Waals surface area contributed by atoms with Crippen LogP contribution in [0.15, 0.2) is 45.5 Å². The predicted molar refractivity (Wildman–Crippen MR) is 77.4 cm³/mol. The Kier molecular flexibility index (Phi) is 3.62. The Morgan fingerprint density at radius 1 is 1.21 bits per heavy atom. The molecule has 1 N–H and O–H groups in total. The summed E-state index contributed by atoms with van der Waals surface area (Å²) in [6, 6.07) is 12.1. The molecule has 1 saturated carbocycles. The molecule has 1 aliphatic rings. The van der Waals surface area contributed by atoms with Gasteiger partial charge in [0, 0.05) is 0 Å². The number of hydrogen-bond donors (Lipinski definition) is 1. The Labute approximate surface area is 121 Å². The molecule has 1 fully saturated rings. The summed E-state index contributed by atoms with van der Waals surface area (Å²) in [5.74, 6) is 1.84. The van der Waals surface area contributed by atoms with Gasteiger partial charge in [-0.2, -0.15) is 0 Å². The van der Waals surface area contributed by atoms with Crippen molar-refractivity contribution in [1.29, 1.82) is 0 Å². The van der Waals surface area contributed by atoms with Crippen LogP contribution in [-0.4, -0.2) is 13.2 Å². The number of furan rings is 1. The number of ether oxygens (including phenoxy) is 1. The normalized spacial score (nSPS) is 16.3. The minimum Gasteiger partial charge on any atom is -0.490 e. The molecule has 0 radical (unpaired) electrons. The first-order valence-electron chi connectivity index (χ1n) is 6.45. The van der Waals surface area contributed by atoms with Gasteiger partial charge in [0.05, 0.1) is 12.1 Å². The average molecular weight is 322 g/mol. The molecule has 1 aromatic carbocycles. The van der Waals surface area contributed by atoms with Crippen molar-refractivity contribution in [3.63, 3.8) is 0 Å². The lowest BCUT2D eigenvalue weighted by Gasteiger charge is -2.14. The topological polar surface area (TPSA) is 34.4 Å². The van der Waals surface area contributed by atoms with Gasteiger partial charge in [0.25, 0.3) is 0 Å². The Balaban J connectivity index is 1.78. The molecule has 4 heteroatoms. The van der Waals surface area contributed by atoms with Crippen molar-refractivity contribution in [2.24, 2.45) is 0 Å². The first-order valence-corrected chi connectivity index (χ1v) is 7.24. The van der Waals surface area contributed by atoms with Gasteiger partial charge in [-0.25, -0.2) is 0 Å². The van der Waals surface area contributed by atoms with E-state index in [4.69, 9.17) is 9.15 Å². The minimum absolute atomic E-state index is 0.0567. The Morgan fingerprint density at radius 3 is 2.47 bits per heavy atom. The molecule has 2 aromatic rings. The van der Waals surface area contributed by atoms with Crippen LogP contribution in [0.5, 0.6) is 5.75 Å². The van der Waals surface area contributed by atoms with Crippen molar-refractivity contribution in [3.05, 3.63) is 52.4 Å². The van der Waals surface area contributed by atoms with Crippen LogP contribution in [0.1, 0.15) is 30.2 Å². The van der Waals surface area contributed by atoms with E-state index < -0.39 is 0 Å². The fourth-order valence-electron chi connectivity index (χ4n) is 2.07. The molecular formula is C15H16BrNO2. The van der Waals surface area contributed by atoms with Crippen LogP contribution in [0.3, 0.4) is 0 Å². The molecule has 1 heterocycles. The highest BCUT2D eigenvalue weighted by Crippen LogP contribution is 2.29. The van der Waals surface area contributed by atoms with E-state index in [1.807, 2.05) is 31.3 Å². The summed E-state index contributed by atoms with van der Waals surface area (Å²) in [5.41, 5.74) is 1.16. The highest BCUT2D eigenvalue weighted by molar-refractivity contribution is 9.10. The molecule has 19 heavy (non-hydrogen) atoms. The van der Waals surface area contributed by atoms with Crippen LogP contribution in [0.2, 0.25) is 0 Å². The molecule has 1 atom stereocenters. The lowest BCUT2D eigenvalue weighted by atomic mass is 10.0. The lowest BCUT2D eigenvalue weighted by Crippen LogP contribution is -2.16. The van der Waals surface area contributed by atoms with Crippen molar-refractivity contribution in [1.82, 2.24) is 5.32 Å². The van der Waals surface area contributed by atoms with Gasteiger partial charge in [0.15, 0.2) is 4.67 Å². The second-order valence-electron chi connectivity index (χ2n) is 4.75. The fourth-order valence-corrected chi connectivity index (χ4v) is 2.39. The quantitative estimate of drug-likeness (QED) is 0.907. The van der Waals surface area contributed by atoms with E-state index in [1.54, 1.807) is 0 Å². The molecule has 100 valence electrons. The van der Waals surface area contributed by atoms with Crippen LogP contribution in [0, 0.1) is 0 Å². The third-order valence-electron chi connectivity index (χ3n) is 3.21. The maximum atomic E-state index is 5.75. The number of hydrogen-bond acceptors (Lipinski definition) is 3. The van der Waals surface area contributed by atoms with Crippen LogP contribution in [0.4, 0.5) is 0 Å². The van der Waals surface area contributed by atoms with E-state index >= 15 is 0 Å². The molecule has 0 bridgehead atoms. The van der Waals surface area contributed by atoms with E-state index in [0.29, 0.717) is 6.10 Å². The number of rotatable bonds is 5. The first-order chi connectivity index (χ1) is 9.26. The van der Waals surface area contributed by atoms with E-state index in [2.05, 4.69) is 33.4 Å². The molecule has 0 amide bonds. The van der Waals surface area contributed by atoms with Crippen molar-refractivity contribution in [3.8, 4) is 5.75 Å². The summed E-state index contributed by atoms with van der Waals surface area (Å²) in [5, 5.41) is 3.27.